The summed E-state index contributed by atoms with van der Waals surface area (Å²) in [6.45, 7) is 0.165. The lowest BCUT2D eigenvalue weighted by molar-refractivity contribution is -0.0547. The summed E-state index contributed by atoms with van der Waals surface area (Å²) in [6, 6.07) is 0. The Morgan fingerprint density at radius 3 is 2.95 bits per heavy atom. The maximum atomic E-state index is 11.7. The first-order valence-corrected chi connectivity index (χ1v) is 5.91. The van der Waals surface area contributed by atoms with Gasteiger partial charge in [-0.2, -0.15) is 0 Å². The van der Waals surface area contributed by atoms with Crippen LogP contribution in [-0.4, -0.2) is 46.5 Å². The van der Waals surface area contributed by atoms with Crippen molar-refractivity contribution in [3.63, 3.8) is 0 Å². The zero-order chi connectivity index (χ0) is 14.9. The molecular weight excluding hydrogens is 270 g/mol. The third kappa shape index (κ3) is 2.64. The minimum Gasteiger partial charge on any atom is -0.390 e. The minimum absolute atomic E-state index is 0.137. The lowest BCUT2D eigenvalue weighted by Crippen LogP contribution is -2.37. The van der Waals surface area contributed by atoms with Crippen LogP contribution in [0.15, 0.2) is 15.8 Å². The van der Waals surface area contributed by atoms with Crippen molar-refractivity contribution in [2.24, 2.45) is 5.73 Å². The number of rotatable bonds is 4. The number of ether oxygens (including phenoxy) is 2. The van der Waals surface area contributed by atoms with Gasteiger partial charge in [0.05, 0.1) is 12.7 Å². The molecule has 9 heteroatoms. The molecule has 0 aliphatic carbocycles. The van der Waals surface area contributed by atoms with Gasteiger partial charge in [-0.3, -0.25) is 19.1 Å². The van der Waals surface area contributed by atoms with Gasteiger partial charge in [-0.15, -0.1) is 0 Å². The van der Waals surface area contributed by atoms with Crippen molar-refractivity contribution < 1.29 is 19.4 Å². The van der Waals surface area contributed by atoms with E-state index in [9.17, 15) is 19.5 Å². The van der Waals surface area contributed by atoms with E-state index in [1.165, 1.54) is 7.11 Å². The standard InChI is InChI=1S/C11H15N3O6/c1-19-4-7-6(15)2-8(20-7)14-3-5(9(12)16)10(17)13-11(14)18/h3,6-8,15H,2,4H2,1H3,(H2,12,16)(H,13,17,18)/t6-,7+,8+/m0/s1. The third-order valence-electron chi connectivity index (χ3n) is 3.08. The van der Waals surface area contributed by atoms with Gasteiger partial charge < -0.3 is 20.3 Å². The number of nitrogens with two attached hydrogens (primary N) is 1. The monoisotopic (exact) mass is 285 g/mol. The van der Waals surface area contributed by atoms with Crippen LogP contribution < -0.4 is 17.0 Å². The lowest BCUT2D eigenvalue weighted by Gasteiger charge is -2.15. The van der Waals surface area contributed by atoms with E-state index >= 15 is 0 Å². The number of primary amides is 1. The molecule has 0 aromatic carbocycles. The number of aromatic nitrogens is 2. The number of aliphatic hydroxyl groups excluding tert-OH is 1. The minimum atomic E-state index is -0.952. The Bertz CT molecular complexity index is 621. The second-order valence-corrected chi connectivity index (χ2v) is 4.46. The molecule has 2 heterocycles. The summed E-state index contributed by atoms with van der Waals surface area (Å²) < 4.78 is 11.4. The average molecular weight is 285 g/mol. The number of nitrogens with zero attached hydrogens (tertiary/aromatic N) is 1. The van der Waals surface area contributed by atoms with Gasteiger partial charge in [-0.05, 0) is 0 Å². The van der Waals surface area contributed by atoms with E-state index in [0.717, 1.165) is 10.8 Å². The van der Waals surface area contributed by atoms with Gasteiger partial charge in [-0.25, -0.2) is 4.79 Å². The van der Waals surface area contributed by atoms with Crippen LogP contribution in [0, 0.1) is 0 Å². The van der Waals surface area contributed by atoms with Crippen LogP contribution in [0.4, 0.5) is 0 Å². The van der Waals surface area contributed by atoms with E-state index in [4.69, 9.17) is 15.2 Å². The SMILES string of the molecule is COC[C@H]1O[C@@H](n2cc(C(N)=O)c(=O)[nH]c2=O)C[C@@H]1O. The number of hydrogen-bond donors (Lipinski definition) is 3. The quantitative estimate of drug-likeness (QED) is 0.581. The number of methoxy groups -OCH3 is 1. The van der Waals surface area contributed by atoms with Crippen LogP contribution in [0.2, 0.25) is 0 Å². The molecule has 0 bridgehead atoms. The highest BCUT2D eigenvalue weighted by molar-refractivity contribution is 5.91. The Morgan fingerprint density at radius 1 is 1.65 bits per heavy atom. The summed E-state index contributed by atoms with van der Waals surface area (Å²) >= 11 is 0. The fourth-order valence-electron chi connectivity index (χ4n) is 2.07. The number of carbonyl (C=O) groups is 1. The van der Waals surface area contributed by atoms with Gasteiger partial charge in [0.2, 0.25) is 0 Å². The number of carbonyl (C=O) groups excluding carboxylic acids is 1. The molecule has 20 heavy (non-hydrogen) atoms. The predicted molar refractivity (Wildman–Crippen MR) is 66.3 cm³/mol. The fourth-order valence-corrected chi connectivity index (χ4v) is 2.07. The number of H-pyrrole nitrogens is 1. The Kier molecular flexibility index (Phi) is 4.02. The molecule has 1 aliphatic heterocycles. The number of aliphatic hydroxyl groups is 1. The van der Waals surface area contributed by atoms with E-state index in [-0.39, 0.29) is 18.6 Å². The van der Waals surface area contributed by atoms with Crippen molar-refractivity contribution in [1.82, 2.24) is 9.55 Å². The second-order valence-electron chi connectivity index (χ2n) is 4.46. The molecule has 9 nitrogen and oxygen atoms in total. The molecular formula is C11H15N3O6. The first-order chi connectivity index (χ1) is 9.43. The van der Waals surface area contributed by atoms with Gasteiger partial charge in [0.1, 0.15) is 17.9 Å². The predicted octanol–water partition coefficient (Wildman–Crippen LogP) is -2.07. The fraction of sp³-hybridized carbons (Fsp3) is 0.545. The van der Waals surface area contributed by atoms with Crippen molar-refractivity contribution in [2.45, 2.75) is 24.9 Å². The highest BCUT2D eigenvalue weighted by atomic mass is 16.6. The maximum Gasteiger partial charge on any atom is 0.330 e. The molecule has 1 aliphatic rings. The first kappa shape index (κ1) is 14.4. The van der Waals surface area contributed by atoms with Gasteiger partial charge >= 0.3 is 5.69 Å². The Hall–Kier alpha value is -1.97. The van der Waals surface area contributed by atoms with Crippen LogP contribution in [0.5, 0.6) is 0 Å². The molecule has 110 valence electrons. The molecule has 1 aromatic rings. The van der Waals surface area contributed by atoms with Gasteiger partial charge in [0.15, 0.2) is 0 Å². The molecule has 1 aromatic heterocycles. The number of amides is 1. The van der Waals surface area contributed by atoms with E-state index in [2.05, 4.69) is 0 Å². The Labute approximate surface area is 112 Å². The molecule has 4 N–H and O–H groups in total. The topological polar surface area (TPSA) is 137 Å². The highest BCUT2D eigenvalue weighted by Crippen LogP contribution is 2.27. The summed E-state index contributed by atoms with van der Waals surface area (Å²) in [6.07, 6.45) is -1.02. The molecule has 3 atom stereocenters. The van der Waals surface area contributed by atoms with Crippen LogP contribution in [0.1, 0.15) is 23.0 Å². The van der Waals surface area contributed by atoms with Crippen LogP contribution in [-0.2, 0) is 9.47 Å². The summed E-state index contributed by atoms with van der Waals surface area (Å²) in [5.41, 5.74) is 3.10. The van der Waals surface area contributed by atoms with Gasteiger partial charge in [0, 0.05) is 19.7 Å². The smallest absolute Gasteiger partial charge is 0.330 e. The van der Waals surface area contributed by atoms with Crippen LogP contribution in [0.3, 0.4) is 0 Å². The molecule has 0 spiro atoms. The zero-order valence-electron chi connectivity index (χ0n) is 10.7. The van der Waals surface area contributed by atoms with Crippen LogP contribution >= 0.6 is 0 Å². The molecule has 0 radical (unpaired) electrons. The lowest BCUT2D eigenvalue weighted by atomic mass is 10.2. The van der Waals surface area contributed by atoms with E-state index in [0.29, 0.717) is 0 Å². The van der Waals surface area contributed by atoms with E-state index in [1.807, 2.05) is 4.98 Å². The van der Waals surface area contributed by atoms with Crippen molar-refractivity contribution >= 4 is 5.91 Å². The normalized spacial score (nSPS) is 25.8. The summed E-state index contributed by atoms with van der Waals surface area (Å²) in [5.74, 6) is -0.952. The average Bonchev–Trinajstić information content (AvgIpc) is 2.71. The van der Waals surface area contributed by atoms with Crippen molar-refractivity contribution in [1.29, 1.82) is 0 Å². The van der Waals surface area contributed by atoms with E-state index in [1.54, 1.807) is 0 Å². The maximum absolute atomic E-state index is 11.7. The van der Waals surface area contributed by atoms with Crippen LogP contribution in [0.25, 0.3) is 0 Å². The van der Waals surface area contributed by atoms with Crippen molar-refractivity contribution in [2.75, 3.05) is 13.7 Å². The largest absolute Gasteiger partial charge is 0.390 e. The molecule has 2 rings (SSSR count). The number of aromatic amines is 1. The van der Waals surface area contributed by atoms with Crippen molar-refractivity contribution in [3.05, 3.63) is 32.6 Å². The number of hydrogen-bond acceptors (Lipinski definition) is 6. The molecule has 0 saturated carbocycles. The molecule has 1 saturated heterocycles. The molecule has 1 amide bonds. The highest BCUT2D eigenvalue weighted by Gasteiger charge is 2.35. The van der Waals surface area contributed by atoms with Gasteiger partial charge in [-0.1, -0.05) is 0 Å². The Balaban J connectivity index is 2.35. The Morgan fingerprint density at radius 2 is 2.35 bits per heavy atom. The zero-order valence-corrected chi connectivity index (χ0v) is 10.7. The summed E-state index contributed by atoms with van der Waals surface area (Å²) in [7, 11) is 1.46. The third-order valence-corrected chi connectivity index (χ3v) is 3.08. The van der Waals surface area contributed by atoms with Crippen molar-refractivity contribution in [3.8, 4) is 0 Å². The van der Waals surface area contributed by atoms with E-state index < -0.39 is 35.6 Å². The first-order valence-electron chi connectivity index (χ1n) is 5.91. The number of nitrogens with one attached hydrogen (secondary N) is 1. The summed E-state index contributed by atoms with van der Waals surface area (Å²) in [4.78, 5) is 36.2. The molecule has 0 unspecified atom stereocenters. The van der Waals surface area contributed by atoms with Gasteiger partial charge in [0.25, 0.3) is 11.5 Å². The summed E-state index contributed by atoms with van der Waals surface area (Å²) in [5, 5.41) is 9.79. The molecule has 1 fully saturated rings. The second kappa shape index (κ2) is 5.57.